The zero-order valence-electron chi connectivity index (χ0n) is 11.2. The minimum Gasteiger partial charge on any atom is -0.317 e. The molecule has 1 aliphatic rings. The van der Waals surface area contributed by atoms with Crippen LogP contribution in [0.25, 0.3) is 10.1 Å². The lowest BCUT2D eigenvalue weighted by Crippen LogP contribution is -2.40. The molecule has 0 bridgehead atoms. The number of rotatable bonds is 3. The van der Waals surface area contributed by atoms with Gasteiger partial charge in [0.05, 0.1) is 5.02 Å². The van der Waals surface area contributed by atoms with Gasteiger partial charge in [-0.15, -0.1) is 11.3 Å². The van der Waals surface area contributed by atoms with Crippen molar-refractivity contribution in [3.05, 3.63) is 34.2 Å². The number of hydrogen-bond acceptors (Lipinski definition) is 3. The Bertz CT molecular complexity index is 558. The van der Waals surface area contributed by atoms with E-state index in [-0.39, 0.29) is 0 Å². The highest BCUT2D eigenvalue weighted by Gasteiger charge is 2.19. The maximum Gasteiger partial charge on any atom is 0.0637 e. The Hall–Kier alpha value is -0.610. The van der Waals surface area contributed by atoms with Crippen LogP contribution in [-0.2, 0) is 6.54 Å². The van der Waals surface area contributed by atoms with Gasteiger partial charge in [-0.1, -0.05) is 29.8 Å². The number of thiophene rings is 1. The molecule has 0 atom stereocenters. The predicted octanol–water partition coefficient (Wildman–Crippen LogP) is 3.74. The van der Waals surface area contributed by atoms with Gasteiger partial charge in [0.15, 0.2) is 0 Å². The van der Waals surface area contributed by atoms with Crippen LogP contribution >= 0.6 is 22.9 Å². The Morgan fingerprint density at radius 2 is 2.05 bits per heavy atom. The van der Waals surface area contributed by atoms with Gasteiger partial charge in [-0.2, -0.15) is 0 Å². The molecule has 0 radical (unpaired) electrons. The Morgan fingerprint density at radius 1 is 1.32 bits per heavy atom. The van der Waals surface area contributed by atoms with Gasteiger partial charge in [-0.25, -0.2) is 0 Å². The zero-order valence-corrected chi connectivity index (χ0v) is 12.7. The SMILES string of the molecule is CNC1CCN(Cc2sc3ccccc3c2Cl)CC1. The van der Waals surface area contributed by atoms with Crippen LogP contribution in [0, 0.1) is 0 Å². The molecule has 1 N–H and O–H groups in total. The van der Waals surface area contributed by atoms with E-state index >= 15 is 0 Å². The van der Waals surface area contributed by atoms with Crippen LogP contribution in [0.3, 0.4) is 0 Å². The van der Waals surface area contributed by atoms with Crippen LogP contribution in [0.5, 0.6) is 0 Å². The first-order valence-electron chi connectivity index (χ1n) is 6.83. The van der Waals surface area contributed by atoms with Crippen molar-refractivity contribution in [2.75, 3.05) is 20.1 Å². The standard InChI is InChI=1S/C15H19ClN2S/c1-17-11-6-8-18(9-7-11)10-14-15(16)12-4-2-3-5-13(12)19-14/h2-5,11,17H,6-10H2,1H3. The number of nitrogens with zero attached hydrogens (tertiary/aromatic N) is 1. The maximum absolute atomic E-state index is 6.50. The summed E-state index contributed by atoms with van der Waals surface area (Å²) in [6.45, 7) is 3.32. The van der Waals surface area contributed by atoms with E-state index in [1.165, 1.54) is 27.8 Å². The Morgan fingerprint density at radius 3 is 2.74 bits per heavy atom. The highest BCUT2D eigenvalue weighted by atomic mass is 35.5. The molecular formula is C15H19ClN2S. The largest absolute Gasteiger partial charge is 0.317 e. The third-order valence-corrected chi connectivity index (χ3v) is 5.66. The minimum absolute atomic E-state index is 0.689. The lowest BCUT2D eigenvalue weighted by atomic mass is 10.1. The van der Waals surface area contributed by atoms with Crippen molar-refractivity contribution >= 4 is 33.0 Å². The van der Waals surface area contributed by atoms with Gasteiger partial charge in [-0.05, 0) is 39.0 Å². The molecule has 0 spiro atoms. The number of benzene rings is 1. The predicted molar refractivity (Wildman–Crippen MR) is 84.2 cm³/mol. The smallest absolute Gasteiger partial charge is 0.0637 e. The van der Waals surface area contributed by atoms with Crippen molar-refractivity contribution in [3.8, 4) is 0 Å². The van der Waals surface area contributed by atoms with E-state index < -0.39 is 0 Å². The Balaban J connectivity index is 1.73. The van der Waals surface area contributed by atoms with Crippen molar-refractivity contribution < 1.29 is 0 Å². The number of piperidine rings is 1. The third-order valence-electron chi connectivity index (χ3n) is 3.96. The van der Waals surface area contributed by atoms with Crippen molar-refractivity contribution in [1.29, 1.82) is 0 Å². The molecule has 0 saturated carbocycles. The number of halogens is 1. The van der Waals surface area contributed by atoms with Gasteiger partial charge in [0, 0.05) is 27.5 Å². The molecule has 1 aliphatic heterocycles. The molecule has 0 unspecified atom stereocenters. The second-order valence-corrected chi connectivity index (χ2v) is 6.69. The van der Waals surface area contributed by atoms with Crippen molar-refractivity contribution in [2.24, 2.45) is 0 Å². The van der Waals surface area contributed by atoms with Gasteiger partial charge in [0.1, 0.15) is 0 Å². The summed E-state index contributed by atoms with van der Waals surface area (Å²) < 4.78 is 1.30. The lowest BCUT2D eigenvalue weighted by Gasteiger charge is -2.31. The normalized spacial score (nSPS) is 18.2. The average Bonchev–Trinajstić information content (AvgIpc) is 2.77. The Kier molecular flexibility index (Phi) is 4.08. The summed E-state index contributed by atoms with van der Waals surface area (Å²) in [6, 6.07) is 9.10. The van der Waals surface area contributed by atoms with E-state index in [1.54, 1.807) is 0 Å². The first kappa shape index (κ1) is 13.4. The second-order valence-electron chi connectivity index (χ2n) is 5.17. The summed E-state index contributed by atoms with van der Waals surface area (Å²) in [7, 11) is 2.06. The molecule has 1 aromatic carbocycles. The molecule has 2 aromatic rings. The molecule has 2 nitrogen and oxygen atoms in total. The van der Waals surface area contributed by atoms with Crippen molar-refractivity contribution in [1.82, 2.24) is 10.2 Å². The fourth-order valence-corrected chi connectivity index (χ4v) is 4.28. The highest BCUT2D eigenvalue weighted by molar-refractivity contribution is 7.19. The van der Waals surface area contributed by atoms with Gasteiger partial charge >= 0.3 is 0 Å². The first-order valence-corrected chi connectivity index (χ1v) is 8.03. The molecule has 4 heteroatoms. The van der Waals surface area contributed by atoms with Crippen LogP contribution in [-0.4, -0.2) is 31.1 Å². The average molecular weight is 295 g/mol. The summed E-state index contributed by atoms with van der Waals surface area (Å²) in [5.41, 5.74) is 0. The summed E-state index contributed by atoms with van der Waals surface area (Å²) in [5, 5.41) is 5.53. The van der Waals surface area contributed by atoms with Crippen LogP contribution in [0.2, 0.25) is 5.02 Å². The fourth-order valence-electron chi connectivity index (χ4n) is 2.75. The number of fused-ring (bicyclic) bond motifs is 1. The van der Waals surface area contributed by atoms with Crippen molar-refractivity contribution in [3.63, 3.8) is 0 Å². The molecule has 0 amide bonds. The quantitative estimate of drug-likeness (QED) is 0.928. The first-order chi connectivity index (χ1) is 9.28. The molecule has 19 heavy (non-hydrogen) atoms. The van der Waals surface area contributed by atoms with E-state index in [9.17, 15) is 0 Å². The van der Waals surface area contributed by atoms with Crippen LogP contribution in [0.4, 0.5) is 0 Å². The highest BCUT2D eigenvalue weighted by Crippen LogP contribution is 2.36. The topological polar surface area (TPSA) is 15.3 Å². The van der Waals surface area contributed by atoms with Gasteiger partial charge in [0.25, 0.3) is 0 Å². The van der Waals surface area contributed by atoms with Crippen LogP contribution in [0.15, 0.2) is 24.3 Å². The van der Waals surface area contributed by atoms with Crippen molar-refractivity contribution in [2.45, 2.75) is 25.4 Å². The minimum atomic E-state index is 0.689. The van der Waals surface area contributed by atoms with E-state index in [4.69, 9.17) is 11.6 Å². The Labute approximate surface area is 123 Å². The molecule has 2 heterocycles. The fraction of sp³-hybridized carbons (Fsp3) is 0.467. The summed E-state index contributed by atoms with van der Waals surface area (Å²) >= 11 is 8.34. The molecule has 1 aromatic heterocycles. The van der Waals surface area contributed by atoms with Gasteiger partial charge < -0.3 is 5.32 Å². The molecule has 0 aliphatic carbocycles. The van der Waals surface area contributed by atoms with E-state index in [0.717, 1.165) is 24.7 Å². The lowest BCUT2D eigenvalue weighted by molar-refractivity contribution is 0.196. The molecule has 1 fully saturated rings. The maximum atomic E-state index is 6.50. The molecule has 102 valence electrons. The van der Waals surface area contributed by atoms with Gasteiger partial charge in [0.2, 0.25) is 0 Å². The number of hydrogen-bond donors (Lipinski definition) is 1. The number of nitrogens with one attached hydrogen (secondary N) is 1. The van der Waals surface area contributed by atoms with E-state index in [1.807, 2.05) is 11.3 Å². The molecule has 3 rings (SSSR count). The summed E-state index contributed by atoms with van der Waals surface area (Å²) in [6.07, 6.45) is 2.47. The van der Waals surface area contributed by atoms with E-state index in [2.05, 4.69) is 41.5 Å². The third kappa shape index (κ3) is 2.79. The summed E-state index contributed by atoms with van der Waals surface area (Å²) in [4.78, 5) is 3.83. The monoisotopic (exact) mass is 294 g/mol. The summed E-state index contributed by atoms with van der Waals surface area (Å²) in [5.74, 6) is 0. The van der Waals surface area contributed by atoms with Gasteiger partial charge in [-0.3, -0.25) is 4.90 Å². The van der Waals surface area contributed by atoms with E-state index in [0.29, 0.717) is 6.04 Å². The molecular weight excluding hydrogens is 276 g/mol. The van der Waals surface area contributed by atoms with Crippen LogP contribution < -0.4 is 5.32 Å². The number of likely N-dealkylation sites (tertiary alicyclic amines) is 1. The second kappa shape index (κ2) is 5.80. The van der Waals surface area contributed by atoms with Crippen LogP contribution in [0.1, 0.15) is 17.7 Å². The zero-order chi connectivity index (χ0) is 13.2. The molecule has 1 saturated heterocycles.